The van der Waals surface area contributed by atoms with Crippen LogP contribution in [0.4, 0.5) is 0 Å². The van der Waals surface area contributed by atoms with Gasteiger partial charge in [-0.3, -0.25) is 14.4 Å². The average molecular weight is 1000 g/mol. The van der Waals surface area contributed by atoms with E-state index in [0.29, 0.717) is 19.3 Å². The Kier molecular flexibility index (Phi) is 56.8. The fourth-order valence-electron chi connectivity index (χ4n) is 8.34. The Hall–Kier alpha value is -3.67. The van der Waals surface area contributed by atoms with Gasteiger partial charge in [-0.25, -0.2) is 0 Å². The summed E-state index contributed by atoms with van der Waals surface area (Å²) in [4.78, 5) is 37.9. The fourth-order valence-corrected chi connectivity index (χ4v) is 8.34. The fraction of sp³-hybridized carbons (Fsp3) is 0.712. The van der Waals surface area contributed by atoms with Crippen molar-refractivity contribution in [2.45, 2.75) is 290 Å². The first-order valence-electron chi connectivity index (χ1n) is 30.2. The monoisotopic (exact) mass is 1000 g/mol. The highest BCUT2D eigenvalue weighted by Crippen LogP contribution is 2.16. The van der Waals surface area contributed by atoms with Crippen molar-refractivity contribution in [3.05, 3.63) is 97.2 Å². The topological polar surface area (TPSA) is 78.9 Å². The second-order valence-corrected chi connectivity index (χ2v) is 19.9. The molecule has 0 aromatic heterocycles. The summed E-state index contributed by atoms with van der Waals surface area (Å²) in [6, 6.07) is 0. The van der Waals surface area contributed by atoms with E-state index in [0.717, 1.165) is 109 Å². The molecule has 0 aromatic rings. The lowest BCUT2D eigenvalue weighted by molar-refractivity contribution is -0.167. The Morgan fingerprint density at radius 3 is 0.847 bits per heavy atom. The van der Waals surface area contributed by atoms with E-state index in [1.165, 1.54) is 135 Å². The molecule has 0 saturated carbocycles. The normalized spacial score (nSPS) is 12.8. The van der Waals surface area contributed by atoms with Gasteiger partial charge in [0.2, 0.25) is 0 Å². The number of carbonyl (C=O) groups is 3. The maximum atomic E-state index is 12.8. The van der Waals surface area contributed by atoms with Crippen LogP contribution in [0.2, 0.25) is 0 Å². The van der Waals surface area contributed by atoms with Gasteiger partial charge >= 0.3 is 17.9 Å². The lowest BCUT2D eigenvalue weighted by Crippen LogP contribution is -2.30. The first-order valence-corrected chi connectivity index (χ1v) is 30.2. The molecule has 0 heterocycles. The van der Waals surface area contributed by atoms with Crippen LogP contribution < -0.4 is 0 Å². The van der Waals surface area contributed by atoms with E-state index < -0.39 is 6.10 Å². The molecule has 0 aliphatic heterocycles. The van der Waals surface area contributed by atoms with Crippen molar-refractivity contribution in [1.82, 2.24) is 0 Å². The Morgan fingerprint density at radius 2 is 0.542 bits per heavy atom. The van der Waals surface area contributed by atoms with Crippen molar-refractivity contribution < 1.29 is 28.6 Å². The quantitative estimate of drug-likeness (QED) is 0.0261. The molecule has 0 aromatic carbocycles. The molecule has 1 atom stereocenters. The molecule has 412 valence electrons. The Labute approximate surface area is 445 Å². The molecular formula is C66H112O6. The number of rotatable bonds is 54. The summed E-state index contributed by atoms with van der Waals surface area (Å²) in [5.41, 5.74) is 0. The van der Waals surface area contributed by atoms with Crippen LogP contribution >= 0.6 is 0 Å². The zero-order chi connectivity index (χ0) is 52.2. The Morgan fingerprint density at radius 1 is 0.292 bits per heavy atom. The first-order chi connectivity index (χ1) is 35.5. The number of hydrogen-bond acceptors (Lipinski definition) is 6. The summed E-state index contributed by atoms with van der Waals surface area (Å²) in [5.74, 6) is -0.879. The lowest BCUT2D eigenvalue weighted by atomic mass is 10.1. The second kappa shape index (κ2) is 59.9. The van der Waals surface area contributed by atoms with E-state index in [1.807, 2.05) is 0 Å². The standard InChI is InChI=1S/C66H112O6/c1-4-7-10-13-16-19-21-22-23-24-25-26-27-28-29-30-31-32-33-34-35-36-37-38-39-40-41-42-43-44-46-47-50-53-56-59-65(68)71-62-63(61-70-64(67)58-55-52-49-18-15-12-9-6-3)72-66(69)60-57-54-51-48-45-20-17-14-11-8-5-2/h7,10,16,19,22-23,25-26,28-29,31-32,34-35,37-38,63H,4-6,8-9,11-15,17-18,20-21,24,27,30,33,36,39-62H2,1-3H3/b10-7-,19-16-,23-22-,26-25-,29-28-,32-31-,35-34-,38-37-. The van der Waals surface area contributed by atoms with Crippen molar-refractivity contribution in [2.24, 2.45) is 0 Å². The van der Waals surface area contributed by atoms with Gasteiger partial charge in [-0.2, -0.15) is 0 Å². The number of esters is 3. The highest BCUT2D eigenvalue weighted by Gasteiger charge is 2.19. The minimum absolute atomic E-state index is 0.0741. The molecule has 6 heteroatoms. The largest absolute Gasteiger partial charge is 0.462 e. The molecule has 0 aliphatic carbocycles. The molecule has 0 amide bonds. The smallest absolute Gasteiger partial charge is 0.306 e. The SMILES string of the molecule is CC/C=C\C/C=C\C/C=C\C/C=C\C/C=C\C/C=C\C/C=C\C/C=C\CCCCCCCCCCCCC(=O)OCC(COC(=O)CCCCCCCCCC)OC(=O)CCCCCCCCCCCCC. The van der Waals surface area contributed by atoms with Gasteiger partial charge in [-0.1, -0.05) is 279 Å². The van der Waals surface area contributed by atoms with Crippen LogP contribution in [0.1, 0.15) is 284 Å². The van der Waals surface area contributed by atoms with Crippen molar-refractivity contribution in [2.75, 3.05) is 13.2 Å². The molecule has 0 saturated heterocycles. The third-order valence-corrected chi connectivity index (χ3v) is 12.9. The predicted octanol–water partition coefficient (Wildman–Crippen LogP) is 20.5. The lowest BCUT2D eigenvalue weighted by Gasteiger charge is -2.18. The molecule has 0 aliphatic rings. The highest BCUT2D eigenvalue weighted by atomic mass is 16.6. The molecule has 1 unspecified atom stereocenters. The molecule has 0 fully saturated rings. The Balaban J connectivity index is 4.05. The van der Waals surface area contributed by atoms with Gasteiger partial charge in [-0.15, -0.1) is 0 Å². The summed E-state index contributed by atoms with van der Waals surface area (Å²) >= 11 is 0. The number of allylic oxidation sites excluding steroid dienone is 16. The van der Waals surface area contributed by atoms with Gasteiger partial charge < -0.3 is 14.2 Å². The van der Waals surface area contributed by atoms with Crippen LogP contribution in [0, 0.1) is 0 Å². The van der Waals surface area contributed by atoms with Gasteiger partial charge in [0.15, 0.2) is 6.10 Å². The summed E-state index contributed by atoms with van der Waals surface area (Å²) in [7, 11) is 0. The van der Waals surface area contributed by atoms with E-state index in [1.54, 1.807) is 0 Å². The van der Waals surface area contributed by atoms with Gasteiger partial charge in [0.1, 0.15) is 13.2 Å². The van der Waals surface area contributed by atoms with Crippen LogP contribution in [0.25, 0.3) is 0 Å². The summed E-state index contributed by atoms with van der Waals surface area (Å²) in [6.07, 6.45) is 80.0. The molecule has 6 nitrogen and oxygen atoms in total. The Bertz CT molecular complexity index is 1430. The average Bonchev–Trinajstić information content (AvgIpc) is 3.38. The van der Waals surface area contributed by atoms with E-state index in [2.05, 4.69) is 118 Å². The molecule has 0 rings (SSSR count). The van der Waals surface area contributed by atoms with E-state index >= 15 is 0 Å². The molecule has 72 heavy (non-hydrogen) atoms. The highest BCUT2D eigenvalue weighted by molar-refractivity contribution is 5.71. The summed E-state index contributed by atoms with van der Waals surface area (Å²) in [6.45, 7) is 6.49. The van der Waals surface area contributed by atoms with E-state index in [9.17, 15) is 14.4 Å². The van der Waals surface area contributed by atoms with Crippen LogP contribution in [0.5, 0.6) is 0 Å². The summed E-state index contributed by atoms with van der Waals surface area (Å²) in [5, 5.41) is 0. The molecular weight excluding hydrogens is 889 g/mol. The molecule has 0 bridgehead atoms. The minimum Gasteiger partial charge on any atom is -0.462 e. The molecule has 0 N–H and O–H groups in total. The first kappa shape index (κ1) is 68.3. The van der Waals surface area contributed by atoms with Crippen LogP contribution in [-0.2, 0) is 28.6 Å². The van der Waals surface area contributed by atoms with Crippen molar-refractivity contribution >= 4 is 17.9 Å². The minimum atomic E-state index is -0.772. The van der Waals surface area contributed by atoms with Crippen LogP contribution in [-0.4, -0.2) is 37.2 Å². The van der Waals surface area contributed by atoms with E-state index in [-0.39, 0.29) is 31.1 Å². The van der Waals surface area contributed by atoms with Crippen molar-refractivity contribution in [3.63, 3.8) is 0 Å². The molecule has 0 radical (unpaired) electrons. The predicted molar refractivity (Wildman–Crippen MR) is 311 cm³/mol. The van der Waals surface area contributed by atoms with Gasteiger partial charge in [0, 0.05) is 19.3 Å². The van der Waals surface area contributed by atoms with Gasteiger partial charge in [-0.05, 0) is 83.5 Å². The zero-order valence-corrected chi connectivity index (χ0v) is 47.2. The number of hydrogen-bond donors (Lipinski definition) is 0. The van der Waals surface area contributed by atoms with Gasteiger partial charge in [0.05, 0.1) is 0 Å². The van der Waals surface area contributed by atoms with Crippen LogP contribution in [0.15, 0.2) is 97.2 Å². The van der Waals surface area contributed by atoms with Crippen molar-refractivity contribution in [3.8, 4) is 0 Å². The van der Waals surface area contributed by atoms with Crippen LogP contribution in [0.3, 0.4) is 0 Å². The summed E-state index contributed by atoms with van der Waals surface area (Å²) < 4.78 is 16.8. The number of ether oxygens (including phenoxy) is 3. The van der Waals surface area contributed by atoms with E-state index in [4.69, 9.17) is 14.2 Å². The maximum Gasteiger partial charge on any atom is 0.306 e. The third-order valence-electron chi connectivity index (χ3n) is 12.9. The number of unbranched alkanes of at least 4 members (excludes halogenated alkanes) is 27. The molecule has 0 spiro atoms. The zero-order valence-electron chi connectivity index (χ0n) is 47.2. The van der Waals surface area contributed by atoms with Gasteiger partial charge in [0.25, 0.3) is 0 Å². The third kappa shape index (κ3) is 57.2. The van der Waals surface area contributed by atoms with Crippen molar-refractivity contribution in [1.29, 1.82) is 0 Å². The number of carbonyl (C=O) groups excluding carboxylic acids is 3. The maximum absolute atomic E-state index is 12.8. The second-order valence-electron chi connectivity index (χ2n) is 19.9.